The fraction of sp³-hybridized carbons (Fsp3) is 0.250. The molecule has 1 heterocycles. The van der Waals surface area contributed by atoms with Crippen molar-refractivity contribution in [2.75, 3.05) is 0 Å². The van der Waals surface area contributed by atoms with Crippen LogP contribution in [-0.2, 0) is 4.79 Å². The molecule has 0 saturated carbocycles. The molecule has 1 aromatic heterocycles. The van der Waals surface area contributed by atoms with Crippen molar-refractivity contribution >= 4 is 17.5 Å². The average molecular weight is 201 g/mol. The lowest BCUT2D eigenvalue weighted by Crippen LogP contribution is -2.30. The highest BCUT2D eigenvalue weighted by molar-refractivity contribution is 6.30. The minimum absolute atomic E-state index is 0.218. The summed E-state index contributed by atoms with van der Waals surface area (Å²) in [5.41, 5.74) is 5.01. The molecular formula is C8H9ClN2O2. The molecular weight excluding hydrogens is 192 g/mol. The van der Waals surface area contributed by atoms with E-state index in [4.69, 9.17) is 22.1 Å². The van der Waals surface area contributed by atoms with Crippen LogP contribution in [0.25, 0.3) is 0 Å². The molecule has 5 heteroatoms. The van der Waals surface area contributed by atoms with Crippen LogP contribution in [0.1, 0.15) is 6.92 Å². The van der Waals surface area contributed by atoms with Crippen LogP contribution in [0, 0.1) is 0 Å². The number of carbonyl (C=O) groups excluding carboxylic acids is 1. The van der Waals surface area contributed by atoms with Gasteiger partial charge in [-0.15, -0.1) is 0 Å². The van der Waals surface area contributed by atoms with E-state index in [0.717, 1.165) is 0 Å². The molecule has 1 rings (SSSR count). The van der Waals surface area contributed by atoms with Crippen LogP contribution in [0.5, 0.6) is 5.75 Å². The number of hydrogen-bond donors (Lipinski definition) is 1. The Morgan fingerprint density at radius 2 is 2.46 bits per heavy atom. The second-order valence-electron chi connectivity index (χ2n) is 2.45. The molecule has 0 aliphatic heterocycles. The van der Waals surface area contributed by atoms with Gasteiger partial charge in [0.05, 0.1) is 0 Å². The van der Waals surface area contributed by atoms with Crippen molar-refractivity contribution in [2.45, 2.75) is 13.0 Å². The fourth-order valence-corrected chi connectivity index (χ4v) is 0.872. The third kappa shape index (κ3) is 2.59. The Morgan fingerprint density at radius 3 is 3.00 bits per heavy atom. The van der Waals surface area contributed by atoms with Gasteiger partial charge in [0.25, 0.3) is 5.91 Å². The van der Waals surface area contributed by atoms with Crippen molar-refractivity contribution in [3.8, 4) is 5.75 Å². The lowest BCUT2D eigenvalue weighted by Gasteiger charge is -2.11. The predicted octanol–water partition coefficient (Wildman–Crippen LogP) is 0.988. The van der Waals surface area contributed by atoms with Crippen molar-refractivity contribution in [3.05, 3.63) is 23.5 Å². The monoisotopic (exact) mass is 200 g/mol. The SMILES string of the molecule is CC(Oc1cccnc1Cl)C(N)=O. The molecule has 13 heavy (non-hydrogen) atoms. The topological polar surface area (TPSA) is 65.2 Å². The van der Waals surface area contributed by atoms with E-state index in [2.05, 4.69) is 4.98 Å². The van der Waals surface area contributed by atoms with Crippen LogP contribution in [0.3, 0.4) is 0 Å². The number of halogens is 1. The average Bonchev–Trinajstić information content (AvgIpc) is 2.08. The van der Waals surface area contributed by atoms with E-state index in [-0.39, 0.29) is 5.15 Å². The molecule has 70 valence electrons. The van der Waals surface area contributed by atoms with Crippen molar-refractivity contribution in [2.24, 2.45) is 5.73 Å². The first-order chi connectivity index (χ1) is 6.11. The summed E-state index contributed by atoms with van der Waals surface area (Å²) in [7, 11) is 0. The Kier molecular flexibility index (Phi) is 3.08. The van der Waals surface area contributed by atoms with Crippen LogP contribution < -0.4 is 10.5 Å². The summed E-state index contributed by atoms with van der Waals surface area (Å²) in [6.07, 6.45) is 0.825. The smallest absolute Gasteiger partial charge is 0.258 e. The predicted molar refractivity (Wildman–Crippen MR) is 48.5 cm³/mol. The van der Waals surface area contributed by atoms with Gasteiger partial charge in [-0.05, 0) is 19.1 Å². The summed E-state index contributed by atoms with van der Waals surface area (Å²) in [5.74, 6) is -0.185. The largest absolute Gasteiger partial charge is 0.478 e. The molecule has 0 saturated heterocycles. The number of pyridine rings is 1. The maximum Gasteiger partial charge on any atom is 0.258 e. The van der Waals surface area contributed by atoms with Gasteiger partial charge in [0.15, 0.2) is 17.0 Å². The molecule has 1 aromatic rings. The Bertz CT molecular complexity index is 317. The van der Waals surface area contributed by atoms with E-state index in [1.165, 1.54) is 6.20 Å². The lowest BCUT2D eigenvalue weighted by atomic mass is 10.4. The van der Waals surface area contributed by atoms with Gasteiger partial charge in [-0.3, -0.25) is 4.79 Å². The first kappa shape index (κ1) is 9.80. The summed E-state index contributed by atoms with van der Waals surface area (Å²) in [4.78, 5) is 14.4. The van der Waals surface area contributed by atoms with E-state index >= 15 is 0 Å². The van der Waals surface area contributed by atoms with E-state index in [9.17, 15) is 4.79 Å². The summed E-state index contributed by atoms with van der Waals surface area (Å²) >= 11 is 5.68. The molecule has 1 atom stereocenters. The zero-order valence-corrected chi connectivity index (χ0v) is 7.78. The molecule has 0 aromatic carbocycles. The highest BCUT2D eigenvalue weighted by Gasteiger charge is 2.12. The number of nitrogens with zero attached hydrogens (tertiary/aromatic N) is 1. The lowest BCUT2D eigenvalue weighted by molar-refractivity contribution is -0.123. The van der Waals surface area contributed by atoms with Crippen LogP contribution in [0.2, 0.25) is 5.15 Å². The first-order valence-corrected chi connectivity index (χ1v) is 4.05. The van der Waals surface area contributed by atoms with Gasteiger partial charge < -0.3 is 10.5 Å². The Morgan fingerprint density at radius 1 is 1.77 bits per heavy atom. The molecule has 1 unspecified atom stereocenters. The number of aromatic nitrogens is 1. The fourth-order valence-electron chi connectivity index (χ4n) is 0.708. The molecule has 0 spiro atoms. The summed E-state index contributed by atoms with van der Waals surface area (Å²) in [6.45, 7) is 1.55. The molecule has 0 radical (unpaired) electrons. The van der Waals surface area contributed by atoms with Crippen molar-refractivity contribution in [3.63, 3.8) is 0 Å². The Hall–Kier alpha value is -1.29. The third-order valence-corrected chi connectivity index (χ3v) is 1.71. The molecule has 1 amide bonds. The maximum absolute atomic E-state index is 10.6. The molecule has 0 fully saturated rings. The summed E-state index contributed by atoms with van der Waals surface area (Å²) in [5, 5.41) is 0.218. The first-order valence-electron chi connectivity index (χ1n) is 3.67. The van der Waals surface area contributed by atoms with Gasteiger partial charge in [0, 0.05) is 6.20 Å². The number of ether oxygens (including phenoxy) is 1. The molecule has 4 nitrogen and oxygen atoms in total. The zero-order chi connectivity index (χ0) is 9.84. The van der Waals surface area contributed by atoms with E-state index in [1.54, 1.807) is 19.1 Å². The van der Waals surface area contributed by atoms with E-state index in [0.29, 0.717) is 5.75 Å². The second kappa shape index (κ2) is 4.09. The van der Waals surface area contributed by atoms with Crippen LogP contribution in [0.15, 0.2) is 18.3 Å². The second-order valence-corrected chi connectivity index (χ2v) is 2.81. The van der Waals surface area contributed by atoms with Gasteiger partial charge in [-0.2, -0.15) is 0 Å². The number of rotatable bonds is 3. The van der Waals surface area contributed by atoms with E-state index in [1.807, 2.05) is 0 Å². The van der Waals surface area contributed by atoms with Crippen molar-refractivity contribution in [1.29, 1.82) is 0 Å². The molecule has 2 N–H and O–H groups in total. The maximum atomic E-state index is 10.6. The minimum atomic E-state index is -0.707. The standard InChI is InChI=1S/C8H9ClN2O2/c1-5(8(10)12)13-6-3-2-4-11-7(6)9/h2-5H,1H3,(H2,10,12). The van der Waals surface area contributed by atoms with Crippen molar-refractivity contribution < 1.29 is 9.53 Å². The normalized spacial score (nSPS) is 12.2. The Balaban J connectivity index is 2.74. The van der Waals surface area contributed by atoms with Gasteiger partial charge in [-0.25, -0.2) is 4.98 Å². The highest BCUT2D eigenvalue weighted by Crippen LogP contribution is 2.21. The number of amides is 1. The van der Waals surface area contributed by atoms with E-state index < -0.39 is 12.0 Å². The minimum Gasteiger partial charge on any atom is -0.478 e. The number of nitrogens with two attached hydrogens (primary N) is 1. The van der Waals surface area contributed by atoms with Crippen LogP contribution in [0.4, 0.5) is 0 Å². The number of primary amides is 1. The molecule has 0 bridgehead atoms. The number of hydrogen-bond acceptors (Lipinski definition) is 3. The van der Waals surface area contributed by atoms with Gasteiger partial charge in [0.2, 0.25) is 0 Å². The molecule has 0 aliphatic rings. The van der Waals surface area contributed by atoms with Crippen molar-refractivity contribution in [1.82, 2.24) is 4.98 Å². The van der Waals surface area contributed by atoms with Gasteiger partial charge >= 0.3 is 0 Å². The van der Waals surface area contributed by atoms with Crippen LogP contribution in [-0.4, -0.2) is 17.0 Å². The summed E-state index contributed by atoms with van der Waals surface area (Å²) < 4.78 is 5.14. The van der Waals surface area contributed by atoms with Crippen LogP contribution >= 0.6 is 11.6 Å². The summed E-state index contributed by atoms with van der Waals surface area (Å²) in [6, 6.07) is 3.28. The quantitative estimate of drug-likeness (QED) is 0.740. The molecule has 0 aliphatic carbocycles. The zero-order valence-electron chi connectivity index (χ0n) is 7.03. The van der Waals surface area contributed by atoms with Gasteiger partial charge in [0.1, 0.15) is 0 Å². The number of carbonyl (C=O) groups is 1. The highest BCUT2D eigenvalue weighted by atomic mass is 35.5. The Labute approximate surface area is 80.7 Å². The third-order valence-electron chi connectivity index (χ3n) is 1.43. The van der Waals surface area contributed by atoms with Gasteiger partial charge in [-0.1, -0.05) is 11.6 Å².